The normalized spacial score (nSPS) is 15.3. The van der Waals surface area contributed by atoms with Crippen LogP contribution in [0.2, 0.25) is 5.02 Å². The first-order valence-corrected chi connectivity index (χ1v) is 13.3. The molecule has 2 aromatic carbocycles. The number of carbonyl (C=O) groups is 2. The number of allylic oxidation sites excluding steroid dienone is 1. The second kappa shape index (κ2) is 15.4. The Labute approximate surface area is 248 Å². The van der Waals surface area contributed by atoms with E-state index < -0.39 is 24.3 Å². The maximum atomic E-state index is 12.4. The Morgan fingerprint density at radius 2 is 1.90 bits per heavy atom. The molecule has 0 bridgehead atoms. The fourth-order valence-corrected chi connectivity index (χ4v) is 4.26. The summed E-state index contributed by atoms with van der Waals surface area (Å²) >= 11 is 6.28. The van der Waals surface area contributed by atoms with Crippen LogP contribution in [0.1, 0.15) is 37.9 Å². The van der Waals surface area contributed by atoms with E-state index >= 15 is 0 Å². The zero-order valence-electron chi connectivity index (χ0n) is 23.5. The molecule has 13 nitrogen and oxygen atoms in total. The molecule has 2 aromatic rings. The first kappa shape index (κ1) is 31.9. The van der Waals surface area contributed by atoms with Gasteiger partial charge in [-0.15, -0.1) is 0 Å². The van der Waals surface area contributed by atoms with E-state index in [0.29, 0.717) is 47.3 Å². The molecule has 0 saturated heterocycles. The van der Waals surface area contributed by atoms with Gasteiger partial charge in [0.1, 0.15) is 12.7 Å². The van der Waals surface area contributed by atoms with E-state index in [1.165, 1.54) is 13.3 Å². The van der Waals surface area contributed by atoms with Gasteiger partial charge in [0.2, 0.25) is 0 Å². The molecule has 3 rings (SSSR count). The highest BCUT2D eigenvalue weighted by Crippen LogP contribution is 2.37. The van der Waals surface area contributed by atoms with Gasteiger partial charge in [-0.2, -0.15) is 10.4 Å². The lowest BCUT2D eigenvalue weighted by atomic mass is 9.95. The molecule has 0 unspecified atom stereocenters. The third-order valence-corrected chi connectivity index (χ3v) is 6.00. The number of nitrogens with zero attached hydrogens (tertiary/aromatic N) is 2. The van der Waals surface area contributed by atoms with Gasteiger partial charge in [-0.3, -0.25) is 5.43 Å². The van der Waals surface area contributed by atoms with Crippen molar-refractivity contribution in [1.82, 2.24) is 16.1 Å². The van der Waals surface area contributed by atoms with Crippen molar-refractivity contribution in [3.63, 3.8) is 0 Å². The van der Waals surface area contributed by atoms with Crippen molar-refractivity contribution in [2.75, 3.05) is 33.5 Å². The van der Waals surface area contributed by atoms with Crippen LogP contribution in [0.25, 0.3) is 0 Å². The number of ether oxygens (including phenoxy) is 5. The minimum atomic E-state index is -1.20. The number of esters is 1. The minimum Gasteiger partial charge on any atom is -0.490 e. The lowest BCUT2D eigenvalue weighted by Crippen LogP contribution is -2.45. The summed E-state index contributed by atoms with van der Waals surface area (Å²) in [5.74, 6) is 0.692. The molecule has 1 aliphatic rings. The van der Waals surface area contributed by atoms with Crippen LogP contribution < -0.4 is 35.0 Å². The Bertz CT molecular complexity index is 1390. The number of hydrogen-bond acceptors (Lipinski definition) is 11. The number of rotatable bonds is 14. The summed E-state index contributed by atoms with van der Waals surface area (Å²) in [6.45, 7) is 5.50. The Morgan fingerprint density at radius 3 is 2.60 bits per heavy atom. The molecule has 42 heavy (non-hydrogen) atoms. The number of benzene rings is 2. The third-order valence-electron chi connectivity index (χ3n) is 5.72. The number of nitrogens with one attached hydrogen (secondary N) is 3. The van der Waals surface area contributed by atoms with Gasteiger partial charge in [0, 0.05) is 5.70 Å². The number of urea groups is 1. The van der Waals surface area contributed by atoms with E-state index in [9.17, 15) is 14.7 Å². The van der Waals surface area contributed by atoms with Crippen molar-refractivity contribution in [2.45, 2.75) is 33.0 Å². The van der Waals surface area contributed by atoms with Crippen LogP contribution in [-0.2, 0) is 9.53 Å². The summed E-state index contributed by atoms with van der Waals surface area (Å²) in [5.41, 5.74) is 4.32. The summed E-state index contributed by atoms with van der Waals surface area (Å²) in [6.07, 6.45) is 0.226. The van der Waals surface area contributed by atoms with Crippen LogP contribution in [0.5, 0.6) is 23.0 Å². The molecule has 0 fully saturated rings. The van der Waals surface area contributed by atoms with Crippen LogP contribution in [0, 0.1) is 11.3 Å². The predicted molar refractivity (Wildman–Crippen MR) is 153 cm³/mol. The van der Waals surface area contributed by atoms with Crippen LogP contribution in [-0.4, -0.2) is 63.1 Å². The predicted octanol–water partition coefficient (Wildman–Crippen LogP) is 3.16. The van der Waals surface area contributed by atoms with Gasteiger partial charge in [0.15, 0.2) is 35.8 Å². The van der Waals surface area contributed by atoms with E-state index in [0.717, 1.165) is 0 Å². The summed E-state index contributed by atoms with van der Waals surface area (Å²) < 4.78 is 27.3. The molecule has 14 heteroatoms. The molecular weight excluding hydrogens is 570 g/mol. The molecule has 1 aliphatic heterocycles. The number of aliphatic hydroxyl groups is 1. The zero-order chi connectivity index (χ0) is 30.6. The number of hydrazone groups is 1. The summed E-state index contributed by atoms with van der Waals surface area (Å²) in [5, 5.41) is 28.7. The summed E-state index contributed by atoms with van der Waals surface area (Å²) in [6, 6.07) is 8.79. The van der Waals surface area contributed by atoms with Gasteiger partial charge in [-0.25, -0.2) is 9.59 Å². The van der Waals surface area contributed by atoms with Crippen LogP contribution in [0.4, 0.5) is 4.79 Å². The second-order valence-electron chi connectivity index (χ2n) is 8.62. The highest BCUT2D eigenvalue weighted by Gasteiger charge is 2.32. The average Bonchev–Trinajstić information content (AvgIpc) is 2.95. The smallest absolute Gasteiger partial charge is 0.337 e. The quantitative estimate of drug-likeness (QED) is 0.109. The molecule has 224 valence electrons. The van der Waals surface area contributed by atoms with E-state index in [1.54, 1.807) is 51.1 Å². The van der Waals surface area contributed by atoms with Crippen molar-refractivity contribution in [1.29, 1.82) is 5.26 Å². The molecular formula is C28H32ClN5O8. The molecule has 1 heterocycles. The summed E-state index contributed by atoms with van der Waals surface area (Å²) in [7, 11) is 1.26. The molecule has 0 spiro atoms. The Kier molecular flexibility index (Phi) is 11.7. The topological polar surface area (TPSA) is 173 Å². The van der Waals surface area contributed by atoms with Crippen molar-refractivity contribution < 1.29 is 38.4 Å². The molecule has 0 radical (unpaired) electrons. The van der Waals surface area contributed by atoms with Crippen molar-refractivity contribution in [3.8, 4) is 29.1 Å². The minimum absolute atomic E-state index is 0.186. The highest BCUT2D eigenvalue weighted by molar-refractivity contribution is 6.32. The maximum absolute atomic E-state index is 12.4. The molecule has 4 N–H and O–H groups in total. The number of carbonyl (C=O) groups excluding carboxylic acids is 2. The fraction of sp³-hybridized carbons (Fsp3) is 0.357. The van der Waals surface area contributed by atoms with Gasteiger partial charge in [0.05, 0.1) is 43.2 Å². The average molecular weight is 602 g/mol. The monoisotopic (exact) mass is 601 g/mol. The molecule has 0 aromatic heterocycles. The van der Waals surface area contributed by atoms with Crippen LogP contribution in [0.15, 0.2) is 46.7 Å². The molecule has 0 aliphatic carbocycles. The summed E-state index contributed by atoms with van der Waals surface area (Å²) in [4.78, 5) is 24.5. The zero-order valence-corrected chi connectivity index (χ0v) is 24.3. The van der Waals surface area contributed by atoms with E-state index in [4.69, 9.17) is 40.5 Å². The lowest BCUT2D eigenvalue weighted by Gasteiger charge is -2.28. The van der Waals surface area contributed by atoms with Gasteiger partial charge in [-0.1, -0.05) is 17.7 Å². The van der Waals surface area contributed by atoms with E-state index in [-0.39, 0.29) is 29.6 Å². The molecule has 2 amide bonds. The number of halogens is 1. The Morgan fingerprint density at radius 1 is 1.17 bits per heavy atom. The number of methoxy groups -OCH3 is 1. The number of nitriles is 1. The second-order valence-corrected chi connectivity index (χ2v) is 9.03. The molecule has 0 saturated carbocycles. The SMILES string of the molecule is CCOc1cc([C@H]2NC(=O)NC(C)=C2C(=O)OC)ccc1OC[C@H](O)N/N=C\c1cc(Cl)c(OCC#N)c(OCC)c1. The van der Waals surface area contributed by atoms with E-state index in [2.05, 4.69) is 21.2 Å². The Balaban J connectivity index is 1.69. The van der Waals surface area contributed by atoms with Crippen molar-refractivity contribution >= 4 is 29.8 Å². The van der Waals surface area contributed by atoms with Gasteiger partial charge in [-0.05, 0) is 56.2 Å². The number of amides is 2. The van der Waals surface area contributed by atoms with Crippen molar-refractivity contribution in [2.24, 2.45) is 5.10 Å². The highest BCUT2D eigenvalue weighted by atomic mass is 35.5. The van der Waals surface area contributed by atoms with Crippen LogP contribution in [0.3, 0.4) is 0 Å². The number of hydrogen-bond donors (Lipinski definition) is 4. The fourth-order valence-electron chi connectivity index (χ4n) is 3.99. The Hall–Kier alpha value is -4.67. The first-order valence-electron chi connectivity index (χ1n) is 12.9. The largest absolute Gasteiger partial charge is 0.490 e. The van der Waals surface area contributed by atoms with Crippen LogP contribution >= 0.6 is 11.6 Å². The third kappa shape index (κ3) is 8.18. The molecule has 2 atom stereocenters. The maximum Gasteiger partial charge on any atom is 0.337 e. The van der Waals surface area contributed by atoms with E-state index in [1.807, 2.05) is 6.07 Å². The lowest BCUT2D eigenvalue weighted by molar-refractivity contribution is -0.136. The first-order chi connectivity index (χ1) is 20.2. The van der Waals surface area contributed by atoms with Crippen molar-refractivity contribution in [3.05, 3.63) is 57.8 Å². The standard InChI is InChI=1S/C28H32ClN5O8/c1-5-39-21-13-18(25-24(27(36)38-4)16(3)32-28(37)33-25)7-8-20(21)42-15-23(35)34-31-14-17-11-19(29)26(41-10-9-30)22(12-17)40-6-2/h7-8,11-14,23,25,34-35H,5-6,10,15H2,1-4H3,(H2,32,33,37)/b31-14-/t23-,25+/m0/s1. The van der Waals surface area contributed by atoms with Gasteiger partial charge in [0.25, 0.3) is 0 Å². The van der Waals surface area contributed by atoms with Gasteiger partial charge >= 0.3 is 12.0 Å². The van der Waals surface area contributed by atoms with Gasteiger partial charge < -0.3 is 39.4 Å². The number of aliphatic hydroxyl groups excluding tert-OH is 1.